The van der Waals surface area contributed by atoms with Gasteiger partial charge in [-0.15, -0.1) is 0 Å². The Kier molecular flexibility index (Phi) is 1.73. The van der Waals surface area contributed by atoms with Crippen LogP contribution in [0.1, 0.15) is 5.69 Å². The summed E-state index contributed by atoms with van der Waals surface area (Å²) in [6, 6.07) is 7.90. The average Bonchev–Trinajstić information content (AvgIpc) is 2.46. The fourth-order valence-corrected chi connectivity index (χ4v) is 1.47. The fraction of sp³-hybridized carbons (Fsp3) is 0.111. The predicted octanol–water partition coefficient (Wildman–Crippen LogP) is 2.18. The number of H-pyrrole nitrogens is 1. The summed E-state index contributed by atoms with van der Waals surface area (Å²) in [6.45, 7) is 0. The van der Waals surface area contributed by atoms with Gasteiger partial charge in [0.05, 0.1) is 0 Å². The Balaban J connectivity index is 2.67. The smallest absolute Gasteiger partial charge is 0.0457 e. The largest absolute Gasteiger partial charge is 0.399 e. The van der Waals surface area contributed by atoms with Crippen LogP contribution in [0.3, 0.4) is 0 Å². The van der Waals surface area contributed by atoms with E-state index in [2.05, 4.69) is 23.7 Å². The minimum Gasteiger partial charge on any atom is -0.399 e. The number of nitrogen functional groups attached to an aromatic ring is 1. The van der Waals surface area contributed by atoms with Crippen LogP contribution in [0.5, 0.6) is 0 Å². The van der Waals surface area contributed by atoms with Crippen LogP contribution < -0.4 is 5.73 Å². The maximum atomic E-state index is 5.64. The van der Waals surface area contributed by atoms with Gasteiger partial charge in [-0.05, 0) is 24.3 Å². The number of hydrogen-bond donors (Lipinski definition) is 3. The van der Waals surface area contributed by atoms with Gasteiger partial charge in [0.2, 0.25) is 0 Å². The van der Waals surface area contributed by atoms with Gasteiger partial charge in [-0.2, -0.15) is 12.6 Å². The van der Waals surface area contributed by atoms with Crippen LogP contribution in [0.25, 0.3) is 10.9 Å². The van der Waals surface area contributed by atoms with E-state index in [0.29, 0.717) is 0 Å². The molecule has 1 heterocycles. The number of fused-ring (bicyclic) bond motifs is 1. The Labute approximate surface area is 76.2 Å². The highest BCUT2D eigenvalue weighted by Gasteiger charge is 1.98. The number of rotatable bonds is 1. The highest BCUT2D eigenvalue weighted by molar-refractivity contribution is 7.79. The van der Waals surface area contributed by atoms with Gasteiger partial charge in [0.15, 0.2) is 0 Å². The topological polar surface area (TPSA) is 41.8 Å². The summed E-state index contributed by atoms with van der Waals surface area (Å²) in [5, 5.41) is 1.15. The molecule has 3 heteroatoms. The number of benzene rings is 1. The summed E-state index contributed by atoms with van der Waals surface area (Å²) < 4.78 is 0. The predicted molar refractivity (Wildman–Crippen MR) is 55.4 cm³/mol. The van der Waals surface area contributed by atoms with Crippen LogP contribution in [-0.4, -0.2) is 4.98 Å². The van der Waals surface area contributed by atoms with Crippen molar-refractivity contribution in [1.29, 1.82) is 0 Å². The molecule has 3 N–H and O–H groups in total. The normalized spacial score (nSPS) is 10.8. The number of nitrogens with two attached hydrogens (primary N) is 1. The lowest BCUT2D eigenvalue weighted by molar-refractivity contribution is 1.27. The van der Waals surface area contributed by atoms with Gasteiger partial charge >= 0.3 is 0 Å². The summed E-state index contributed by atoms with van der Waals surface area (Å²) in [7, 11) is 0. The van der Waals surface area contributed by atoms with E-state index in [1.54, 1.807) is 0 Å². The van der Waals surface area contributed by atoms with Crippen molar-refractivity contribution in [1.82, 2.24) is 4.98 Å². The lowest BCUT2D eigenvalue weighted by atomic mass is 10.2. The molecule has 0 radical (unpaired) electrons. The van der Waals surface area contributed by atoms with Crippen molar-refractivity contribution >= 4 is 29.2 Å². The number of aromatic amines is 1. The second-order valence-electron chi connectivity index (χ2n) is 2.80. The van der Waals surface area contributed by atoms with E-state index in [-0.39, 0.29) is 0 Å². The van der Waals surface area contributed by atoms with Crippen LogP contribution >= 0.6 is 12.6 Å². The van der Waals surface area contributed by atoms with E-state index in [9.17, 15) is 0 Å². The Morgan fingerprint density at radius 1 is 1.33 bits per heavy atom. The molecule has 0 aliphatic rings. The molecule has 0 atom stereocenters. The SMILES string of the molecule is Nc1ccc2[nH]c(CS)cc2c1. The van der Waals surface area contributed by atoms with Crippen molar-refractivity contribution in [2.24, 2.45) is 0 Å². The van der Waals surface area contributed by atoms with Crippen LogP contribution in [0.4, 0.5) is 5.69 Å². The first-order valence-electron chi connectivity index (χ1n) is 3.77. The quantitative estimate of drug-likeness (QED) is 0.454. The molecule has 2 rings (SSSR count). The molecular weight excluding hydrogens is 168 g/mol. The summed E-state index contributed by atoms with van der Waals surface area (Å²) in [5.74, 6) is 0.731. The van der Waals surface area contributed by atoms with E-state index < -0.39 is 0 Å². The minimum atomic E-state index is 0.731. The van der Waals surface area contributed by atoms with E-state index in [0.717, 1.165) is 28.0 Å². The standard InChI is InChI=1S/C9H10N2S/c10-7-1-2-9-6(3-7)4-8(5-12)11-9/h1-4,11-12H,5,10H2. The van der Waals surface area contributed by atoms with Crippen LogP contribution in [-0.2, 0) is 5.75 Å². The highest BCUT2D eigenvalue weighted by atomic mass is 32.1. The second-order valence-corrected chi connectivity index (χ2v) is 3.12. The molecule has 1 aromatic heterocycles. The van der Waals surface area contributed by atoms with Crippen LogP contribution in [0.2, 0.25) is 0 Å². The summed E-state index contributed by atoms with van der Waals surface area (Å²) in [6.07, 6.45) is 0. The molecule has 2 aromatic rings. The molecule has 12 heavy (non-hydrogen) atoms. The first kappa shape index (κ1) is 7.55. The van der Waals surface area contributed by atoms with E-state index in [1.807, 2.05) is 18.2 Å². The Hall–Kier alpha value is -1.09. The van der Waals surface area contributed by atoms with Gasteiger partial charge in [-0.25, -0.2) is 0 Å². The third kappa shape index (κ3) is 1.16. The van der Waals surface area contributed by atoms with Crippen molar-refractivity contribution in [3.63, 3.8) is 0 Å². The highest BCUT2D eigenvalue weighted by Crippen LogP contribution is 2.18. The summed E-state index contributed by atoms with van der Waals surface area (Å²) in [5.41, 5.74) is 8.68. The van der Waals surface area contributed by atoms with Gasteiger partial charge in [-0.1, -0.05) is 0 Å². The zero-order valence-electron chi connectivity index (χ0n) is 6.54. The molecule has 0 unspecified atom stereocenters. The van der Waals surface area contributed by atoms with Crippen LogP contribution in [0, 0.1) is 0 Å². The van der Waals surface area contributed by atoms with Crippen LogP contribution in [0.15, 0.2) is 24.3 Å². The van der Waals surface area contributed by atoms with Gasteiger partial charge in [0.1, 0.15) is 0 Å². The molecule has 0 saturated heterocycles. The van der Waals surface area contributed by atoms with Crippen molar-refractivity contribution < 1.29 is 0 Å². The second kappa shape index (κ2) is 2.75. The Morgan fingerprint density at radius 2 is 2.17 bits per heavy atom. The molecule has 0 bridgehead atoms. The first-order chi connectivity index (χ1) is 5.79. The van der Waals surface area contributed by atoms with Gasteiger partial charge in [-0.3, -0.25) is 0 Å². The zero-order chi connectivity index (χ0) is 8.55. The number of hydrogen-bond acceptors (Lipinski definition) is 2. The maximum Gasteiger partial charge on any atom is 0.0457 e. The zero-order valence-corrected chi connectivity index (χ0v) is 7.44. The molecule has 0 fully saturated rings. The lowest BCUT2D eigenvalue weighted by Crippen LogP contribution is -1.81. The number of anilines is 1. The summed E-state index contributed by atoms with van der Waals surface area (Å²) in [4.78, 5) is 3.24. The summed E-state index contributed by atoms with van der Waals surface area (Å²) >= 11 is 4.18. The molecule has 1 aromatic carbocycles. The van der Waals surface area contributed by atoms with E-state index in [4.69, 9.17) is 5.73 Å². The Morgan fingerprint density at radius 3 is 2.92 bits per heavy atom. The molecule has 0 amide bonds. The Bertz CT molecular complexity index is 406. The molecular formula is C9H10N2S. The van der Waals surface area contributed by atoms with E-state index in [1.165, 1.54) is 0 Å². The fourth-order valence-electron chi connectivity index (χ4n) is 1.30. The maximum absolute atomic E-state index is 5.64. The third-order valence-corrected chi connectivity index (χ3v) is 2.21. The van der Waals surface area contributed by atoms with E-state index >= 15 is 0 Å². The third-order valence-electron chi connectivity index (χ3n) is 1.87. The van der Waals surface area contributed by atoms with Crippen molar-refractivity contribution in [3.05, 3.63) is 30.0 Å². The van der Waals surface area contributed by atoms with Gasteiger partial charge < -0.3 is 10.7 Å². The molecule has 0 aliphatic carbocycles. The number of thiol groups is 1. The van der Waals surface area contributed by atoms with Crippen molar-refractivity contribution in [3.8, 4) is 0 Å². The minimum absolute atomic E-state index is 0.731. The number of nitrogens with one attached hydrogen (secondary N) is 1. The first-order valence-corrected chi connectivity index (χ1v) is 4.41. The molecule has 62 valence electrons. The average molecular weight is 178 g/mol. The molecule has 2 nitrogen and oxygen atoms in total. The van der Waals surface area contributed by atoms with Gasteiger partial charge in [0.25, 0.3) is 0 Å². The molecule has 0 saturated carbocycles. The molecule has 0 spiro atoms. The lowest BCUT2D eigenvalue weighted by Gasteiger charge is -1.90. The monoisotopic (exact) mass is 178 g/mol. The van der Waals surface area contributed by atoms with Crippen molar-refractivity contribution in [2.45, 2.75) is 5.75 Å². The molecule has 0 aliphatic heterocycles. The van der Waals surface area contributed by atoms with Crippen molar-refractivity contribution in [2.75, 3.05) is 5.73 Å². The van der Waals surface area contributed by atoms with Gasteiger partial charge in [0, 0.05) is 28.0 Å². The number of aromatic nitrogens is 1.